The number of likely N-dealkylation sites (N-methyl/N-ethyl adjacent to an activating group) is 1. The first kappa shape index (κ1) is 35.2. The van der Waals surface area contributed by atoms with E-state index in [2.05, 4.69) is 10.6 Å². The fraction of sp³-hybridized carbons (Fsp3) is 0.583. The van der Waals surface area contributed by atoms with Gasteiger partial charge < -0.3 is 35.0 Å². The van der Waals surface area contributed by atoms with E-state index in [1.807, 2.05) is 44.0 Å². The molecule has 4 atom stereocenters. The van der Waals surface area contributed by atoms with Gasteiger partial charge in [-0.2, -0.15) is 0 Å². The predicted octanol–water partition coefficient (Wildman–Crippen LogP) is 6.16. The molecule has 2 aromatic carbocycles. The Bertz CT molecular complexity index is 1280. The van der Waals surface area contributed by atoms with Crippen molar-refractivity contribution in [1.82, 2.24) is 9.80 Å². The molecule has 0 spiro atoms. The number of hydrogen-bond acceptors (Lipinski definition) is 6. The van der Waals surface area contributed by atoms with E-state index in [0.717, 1.165) is 44.9 Å². The number of carbonyl (C=O) groups is 3. The summed E-state index contributed by atoms with van der Waals surface area (Å²) in [6.45, 7) is 6.88. The third-order valence-electron chi connectivity index (χ3n) is 9.13. The molecule has 252 valence electrons. The van der Waals surface area contributed by atoms with E-state index in [0.29, 0.717) is 42.4 Å². The standard InChI is InChI=1S/C36H52N4O6/c1-25-22-40(26(2)24-41)35(43)31-21-30(38-36(44)37-29-16-9-6-10-17-29)18-19-32(31)46-27(3)13-11-12-20-45-33(25)23-39(4)34(42)28-14-7-5-8-15-28/h6,9-10,16-19,21,25-28,33,41H,5,7-8,11-15,20,22-24H2,1-4H3,(H2,37,38,44)/t25-,26-,27-,33+/m0/s1. The summed E-state index contributed by atoms with van der Waals surface area (Å²) in [6, 6.07) is 13.3. The van der Waals surface area contributed by atoms with E-state index in [1.165, 1.54) is 6.42 Å². The zero-order chi connectivity index (χ0) is 33.1. The maximum Gasteiger partial charge on any atom is 0.323 e. The van der Waals surface area contributed by atoms with Crippen LogP contribution in [0.2, 0.25) is 0 Å². The van der Waals surface area contributed by atoms with Gasteiger partial charge in [-0.15, -0.1) is 0 Å². The van der Waals surface area contributed by atoms with Crippen molar-refractivity contribution >= 4 is 29.2 Å². The SMILES string of the molecule is C[C@H]1CCCCO[C@H](CN(C)C(=O)C2CCCCC2)[C@@H](C)CN([C@@H](C)CO)C(=O)c2cc(NC(=O)Nc3ccccc3)ccc2O1. The molecule has 2 aliphatic rings. The second-order valence-electron chi connectivity index (χ2n) is 13.0. The van der Waals surface area contributed by atoms with Gasteiger partial charge in [0.2, 0.25) is 5.91 Å². The molecule has 0 radical (unpaired) electrons. The summed E-state index contributed by atoms with van der Waals surface area (Å²) in [4.78, 5) is 43.9. The molecule has 4 rings (SSSR count). The molecule has 1 heterocycles. The molecule has 0 bridgehead atoms. The quantitative estimate of drug-likeness (QED) is 0.335. The maximum absolute atomic E-state index is 14.3. The molecule has 2 aromatic rings. The van der Waals surface area contributed by atoms with Crippen molar-refractivity contribution in [3.63, 3.8) is 0 Å². The second kappa shape index (κ2) is 17.3. The third kappa shape index (κ3) is 9.93. The van der Waals surface area contributed by atoms with Crippen molar-refractivity contribution in [3.05, 3.63) is 54.1 Å². The first-order valence-corrected chi connectivity index (χ1v) is 16.9. The molecule has 10 heteroatoms. The summed E-state index contributed by atoms with van der Waals surface area (Å²) in [5.74, 6) is 0.212. The number of urea groups is 1. The molecule has 1 fully saturated rings. The number of fused-ring (bicyclic) bond motifs is 1. The van der Waals surface area contributed by atoms with Crippen LogP contribution in [0.3, 0.4) is 0 Å². The first-order chi connectivity index (χ1) is 22.2. The predicted molar refractivity (Wildman–Crippen MR) is 180 cm³/mol. The molecular weight excluding hydrogens is 584 g/mol. The largest absolute Gasteiger partial charge is 0.490 e. The van der Waals surface area contributed by atoms with Crippen LogP contribution in [0.5, 0.6) is 5.75 Å². The van der Waals surface area contributed by atoms with Crippen LogP contribution in [0.15, 0.2) is 48.5 Å². The van der Waals surface area contributed by atoms with Crippen LogP contribution >= 0.6 is 0 Å². The number of nitrogens with one attached hydrogen (secondary N) is 2. The van der Waals surface area contributed by atoms with Gasteiger partial charge in [-0.3, -0.25) is 9.59 Å². The Kier molecular flexibility index (Phi) is 13.3. The lowest BCUT2D eigenvalue weighted by Crippen LogP contribution is -2.48. The lowest BCUT2D eigenvalue weighted by Gasteiger charge is -2.36. The molecule has 1 aliphatic carbocycles. The van der Waals surface area contributed by atoms with Crippen molar-refractivity contribution < 1.29 is 29.0 Å². The van der Waals surface area contributed by atoms with E-state index in [-0.39, 0.29) is 42.5 Å². The van der Waals surface area contributed by atoms with Gasteiger partial charge in [0.15, 0.2) is 0 Å². The Hall–Kier alpha value is -3.63. The number of ether oxygens (including phenoxy) is 2. The number of hydrogen-bond donors (Lipinski definition) is 3. The van der Waals surface area contributed by atoms with Crippen LogP contribution in [0, 0.1) is 11.8 Å². The topological polar surface area (TPSA) is 120 Å². The molecule has 1 saturated carbocycles. The van der Waals surface area contributed by atoms with E-state index in [9.17, 15) is 19.5 Å². The molecule has 4 amide bonds. The fourth-order valence-corrected chi connectivity index (χ4v) is 6.30. The molecule has 0 aromatic heterocycles. The van der Waals surface area contributed by atoms with E-state index < -0.39 is 12.1 Å². The molecule has 3 N–H and O–H groups in total. The number of anilines is 2. The fourth-order valence-electron chi connectivity index (χ4n) is 6.30. The Morgan fingerprint density at radius 3 is 2.39 bits per heavy atom. The highest BCUT2D eigenvalue weighted by Crippen LogP contribution is 2.29. The van der Waals surface area contributed by atoms with Crippen molar-refractivity contribution in [3.8, 4) is 5.75 Å². The Balaban J connectivity index is 1.58. The number of aliphatic hydroxyl groups excluding tert-OH is 1. The van der Waals surface area contributed by atoms with Gasteiger partial charge in [-0.1, -0.05) is 44.4 Å². The van der Waals surface area contributed by atoms with E-state index in [1.54, 1.807) is 42.2 Å². The number of amides is 4. The summed E-state index contributed by atoms with van der Waals surface area (Å²) in [5, 5.41) is 15.8. The van der Waals surface area contributed by atoms with Crippen LogP contribution in [0.1, 0.15) is 82.5 Å². The Morgan fingerprint density at radius 1 is 0.978 bits per heavy atom. The van der Waals surface area contributed by atoms with Gasteiger partial charge in [-0.05, 0) is 76.3 Å². The van der Waals surface area contributed by atoms with Crippen molar-refractivity contribution in [2.24, 2.45) is 11.8 Å². The maximum atomic E-state index is 14.3. The van der Waals surface area contributed by atoms with Crippen molar-refractivity contribution in [1.29, 1.82) is 0 Å². The van der Waals surface area contributed by atoms with Gasteiger partial charge in [-0.25, -0.2) is 4.79 Å². The highest BCUT2D eigenvalue weighted by atomic mass is 16.5. The minimum atomic E-state index is -0.492. The minimum Gasteiger partial charge on any atom is -0.490 e. The second-order valence-corrected chi connectivity index (χ2v) is 13.0. The number of nitrogens with zero attached hydrogens (tertiary/aromatic N) is 2. The Morgan fingerprint density at radius 2 is 1.67 bits per heavy atom. The summed E-state index contributed by atoms with van der Waals surface area (Å²) in [5.41, 5.74) is 1.38. The lowest BCUT2D eigenvalue weighted by molar-refractivity contribution is -0.137. The molecule has 46 heavy (non-hydrogen) atoms. The van der Waals surface area contributed by atoms with E-state index >= 15 is 0 Å². The lowest BCUT2D eigenvalue weighted by atomic mass is 9.88. The summed E-state index contributed by atoms with van der Waals surface area (Å²) in [7, 11) is 1.86. The summed E-state index contributed by atoms with van der Waals surface area (Å²) >= 11 is 0. The van der Waals surface area contributed by atoms with E-state index in [4.69, 9.17) is 9.47 Å². The number of rotatable bonds is 7. The van der Waals surface area contributed by atoms with Gasteiger partial charge >= 0.3 is 6.03 Å². The van der Waals surface area contributed by atoms with Gasteiger partial charge in [0.1, 0.15) is 5.75 Å². The van der Waals surface area contributed by atoms with Crippen molar-refractivity contribution in [2.45, 2.75) is 90.4 Å². The molecule has 1 aliphatic heterocycles. The van der Waals surface area contributed by atoms with Crippen LogP contribution in [0.25, 0.3) is 0 Å². The summed E-state index contributed by atoms with van der Waals surface area (Å²) < 4.78 is 12.7. The van der Waals surface area contributed by atoms with Gasteiger partial charge in [0, 0.05) is 50.0 Å². The number of para-hydroxylation sites is 1. The first-order valence-electron chi connectivity index (χ1n) is 16.9. The number of benzene rings is 2. The highest BCUT2D eigenvalue weighted by Gasteiger charge is 2.32. The summed E-state index contributed by atoms with van der Waals surface area (Å²) in [6.07, 6.45) is 7.30. The zero-order valence-corrected chi connectivity index (χ0v) is 27.9. The smallest absolute Gasteiger partial charge is 0.323 e. The monoisotopic (exact) mass is 636 g/mol. The molecule has 10 nitrogen and oxygen atoms in total. The van der Waals surface area contributed by atoms with Crippen LogP contribution in [-0.2, 0) is 9.53 Å². The molecule has 0 saturated heterocycles. The molecule has 0 unspecified atom stereocenters. The average molecular weight is 637 g/mol. The number of aliphatic hydroxyl groups is 1. The third-order valence-corrected chi connectivity index (χ3v) is 9.13. The van der Waals surface area contributed by atoms with Crippen LogP contribution < -0.4 is 15.4 Å². The van der Waals surface area contributed by atoms with Crippen molar-refractivity contribution in [2.75, 3.05) is 44.0 Å². The van der Waals surface area contributed by atoms with Crippen LogP contribution in [0.4, 0.5) is 16.2 Å². The van der Waals surface area contributed by atoms with Gasteiger partial charge in [0.25, 0.3) is 5.91 Å². The molecular formula is C36H52N4O6. The number of carbonyl (C=O) groups excluding carboxylic acids is 3. The van der Waals surface area contributed by atoms with Gasteiger partial charge in [0.05, 0.1) is 30.4 Å². The zero-order valence-electron chi connectivity index (χ0n) is 27.9. The Labute approximate surface area is 273 Å². The highest BCUT2D eigenvalue weighted by molar-refractivity contribution is 6.02. The normalized spacial score (nSPS) is 22.5. The van der Waals surface area contributed by atoms with Crippen LogP contribution in [-0.4, -0.2) is 84.4 Å². The average Bonchev–Trinajstić information content (AvgIpc) is 3.06. The minimum absolute atomic E-state index is 0.0654.